The number of carbonyl (C=O) groups excluding carboxylic acids is 1. The van der Waals surface area contributed by atoms with Crippen LogP contribution >= 0.6 is 0 Å². The van der Waals surface area contributed by atoms with Crippen LogP contribution < -0.4 is 5.32 Å². The number of hydrogen-bond donors (Lipinski definition) is 2. The zero-order valence-electron chi connectivity index (χ0n) is 8.91. The lowest BCUT2D eigenvalue weighted by atomic mass is 9.92. The highest BCUT2D eigenvalue weighted by Gasteiger charge is 2.28. The van der Waals surface area contributed by atoms with Gasteiger partial charge in [-0.2, -0.15) is 0 Å². The molecule has 0 radical (unpaired) electrons. The number of rotatable bonds is 4. The highest BCUT2D eigenvalue weighted by atomic mass is 16.5. The molecular formula is C10H17NO4. The molecule has 15 heavy (non-hydrogen) atoms. The Morgan fingerprint density at radius 2 is 1.93 bits per heavy atom. The van der Waals surface area contributed by atoms with Crippen molar-refractivity contribution < 1.29 is 19.4 Å². The van der Waals surface area contributed by atoms with Crippen molar-refractivity contribution in [3.05, 3.63) is 0 Å². The van der Waals surface area contributed by atoms with Crippen LogP contribution in [-0.4, -0.2) is 35.7 Å². The number of carbonyl (C=O) groups is 2. The van der Waals surface area contributed by atoms with Gasteiger partial charge in [-0.15, -0.1) is 0 Å². The molecule has 5 heteroatoms. The van der Waals surface area contributed by atoms with E-state index in [0.29, 0.717) is 13.2 Å². The SMILES string of the molecule is CC1(NC(=O)CCC(=O)O)CCOCC1. The Morgan fingerprint density at radius 1 is 1.33 bits per heavy atom. The highest BCUT2D eigenvalue weighted by molar-refractivity contribution is 5.81. The molecule has 2 N–H and O–H groups in total. The summed E-state index contributed by atoms with van der Waals surface area (Å²) in [5.41, 5.74) is -0.228. The number of carboxylic acid groups (broad SMARTS) is 1. The first-order chi connectivity index (χ1) is 7.02. The number of carboxylic acids is 1. The topological polar surface area (TPSA) is 75.6 Å². The summed E-state index contributed by atoms with van der Waals surface area (Å²) in [6, 6.07) is 0. The molecule has 1 amide bonds. The van der Waals surface area contributed by atoms with E-state index in [9.17, 15) is 9.59 Å². The van der Waals surface area contributed by atoms with Crippen molar-refractivity contribution >= 4 is 11.9 Å². The van der Waals surface area contributed by atoms with Crippen LogP contribution in [0.2, 0.25) is 0 Å². The number of amides is 1. The summed E-state index contributed by atoms with van der Waals surface area (Å²) >= 11 is 0. The van der Waals surface area contributed by atoms with Crippen molar-refractivity contribution in [1.29, 1.82) is 0 Å². The van der Waals surface area contributed by atoms with E-state index in [-0.39, 0.29) is 24.3 Å². The van der Waals surface area contributed by atoms with Crippen LogP contribution in [0, 0.1) is 0 Å². The molecule has 0 aliphatic carbocycles. The van der Waals surface area contributed by atoms with Gasteiger partial charge in [0.2, 0.25) is 5.91 Å². The van der Waals surface area contributed by atoms with E-state index in [1.807, 2.05) is 6.92 Å². The average molecular weight is 215 g/mol. The van der Waals surface area contributed by atoms with Gasteiger partial charge in [0.25, 0.3) is 0 Å². The zero-order valence-corrected chi connectivity index (χ0v) is 8.91. The van der Waals surface area contributed by atoms with Gasteiger partial charge in [-0.3, -0.25) is 9.59 Å². The molecule has 0 atom stereocenters. The van der Waals surface area contributed by atoms with Gasteiger partial charge >= 0.3 is 5.97 Å². The Morgan fingerprint density at radius 3 is 2.47 bits per heavy atom. The fourth-order valence-electron chi connectivity index (χ4n) is 1.57. The summed E-state index contributed by atoms with van der Waals surface area (Å²) in [6.07, 6.45) is 1.50. The van der Waals surface area contributed by atoms with E-state index in [2.05, 4.69) is 5.32 Å². The molecule has 0 unspecified atom stereocenters. The smallest absolute Gasteiger partial charge is 0.303 e. The van der Waals surface area contributed by atoms with E-state index in [0.717, 1.165) is 12.8 Å². The standard InChI is InChI=1S/C10H17NO4/c1-10(4-6-15-7-5-10)11-8(12)2-3-9(13)14/h2-7H2,1H3,(H,11,12)(H,13,14). The van der Waals surface area contributed by atoms with Crippen LogP contribution in [0.25, 0.3) is 0 Å². The van der Waals surface area contributed by atoms with Gasteiger partial charge < -0.3 is 15.2 Å². The van der Waals surface area contributed by atoms with Crippen LogP contribution in [-0.2, 0) is 14.3 Å². The maximum atomic E-state index is 11.4. The molecule has 0 aromatic carbocycles. The summed E-state index contributed by atoms with van der Waals surface area (Å²) in [6.45, 7) is 3.26. The van der Waals surface area contributed by atoms with Crippen molar-refractivity contribution in [3.8, 4) is 0 Å². The molecule has 0 spiro atoms. The highest BCUT2D eigenvalue weighted by Crippen LogP contribution is 2.19. The minimum absolute atomic E-state index is 0.0474. The second-order valence-corrected chi connectivity index (χ2v) is 4.11. The Labute approximate surface area is 88.8 Å². The lowest BCUT2D eigenvalue weighted by Crippen LogP contribution is -2.49. The number of aliphatic carboxylic acids is 1. The summed E-state index contributed by atoms with van der Waals surface area (Å²) in [5.74, 6) is -1.14. The third-order valence-electron chi connectivity index (χ3n) is 2.60. The fourth-order valence-corrected chi connectivity index (χ4v) is 1.57. The second-order valence-electron chi connectivity index (χ2n) is 4.11. The molecule has 86 valence electrons. The summed E-state index contributed by atoms with van der Waals surface area (Å²) in [4.78, 5) is 21.7. The van der Waals surface area contributed by atoms with E-state index in [1.165, 1.54) is 0 Å². The first-order valence-electron chi connectivity index (χ1n) is 5.12. The van der Waals surface area contributed by atoms with Gasteiger partial charge in [0, 0.05) is 25.2 Å². The lowest BCUT2D eigenvalue weighted by molar-refractivity contribution is -0.139. The number of hydrogen-bond acceptors (Lipinski definition) is 3. The maximum absolute atomic E-state index is 11.4. The molecule has 0 aromatic rings. The predicted octanol–water partition coefficient (Wildman–Crippen LogP) is 0.536. The second kappa shape index (κ2) is 5.11. The average Bonchev–Trinajstić information content (AvgIpc) is 2.15. The number of nitrogens with one attached hydrogen (secondary N) is 1. The van der Waals surface area contributed by atoms with Gasteiger partial charge in [-0.25, -0.2) is 0 Å². The van der Waals surface area contributed by atoms with E-state index < -0.39 is 5.97 Å². The van der Waals surface area contributed by atoms with Crippen LogP contribution in [0.5, 0.6) is 0 Å². The quantitative estimate of drug-likeness (QED) is 0.717. The first kappa shape index (κ1) is 12.0. The van der Waals surface area contributed by atoms with Crippen LogP contribution in [0.4, 0.5) is 0 Å². The lowest BCUT2D eigenvalue weighted by Gasteiger charge is -2.34. The minimum Gasteiger partial charge on any atom is -0.481 e. The first-order valence-corrected chi connectivity index (χ1v) is 5.12. The summed E-state index contributed by atoms with van der Waals surface area (Å²) in [7, 11) is 0. The molecule has 0 saturated carbocycles. The van der Waals surface area contributed by atoms with Crippen molar-refractivity contribution in [1.82, 2.24) is 5.32 Å². The molecule has 1 fully saturated rings. The van der Waals surface area contributed by atoms with Crippen LogP contribution in [0.1, 0.15) is 32.6 Å². The number of ether oxygens (including phenoxy) is 1. The normalized spacial score (nSPS) is 19.5. The summed E-state index contributed by atoms with van der Waals surface area (Å²) < 4.78 is 5.20. The van der Waals surface area contributed by atoms with Crippen molar-refractivity contribution in [2.45, 2.75) is 38.1 Å². The molecule has 0 bridgehead atoms. The fraction of sp³-hybridized carbons (Fsp3) is 0.800. The molecule has 1 rings (SSSR count). The van der Waals surface area contributed by atoms with Gasteiger partial charge in [0.15, 0.2) is 0 Å². The third-order valence-corrected chi connectivity index (χ3v) is 2.60. The Kier molecular flexibility index (Phi) is 4.08. The van der Waals surface area contributed by atoms with Gasteiger partial charge in [-0.1, -0.05) is 0 Å². The summed E-state index contributed by atoms with van der Waals surface area (Å²) in [5, 5.41) is 11.3. The van der Waals surface area contributed by atoms with Gasteiger partial charge in [0.05, 0.1) is 6.42 Å². The minimum atomic E-state index is -0.942. The van der Waals surface area contributed by atoms with E-state index >= 15 is 0 Å². The molecule has 1 saturated heterocycles. The van der Waals surface area contributed by atoms with Crippen LogP contribution in [0.3, 0.4) is 0 Å². The van der Waals surface area contributed by atoms with Crippen LogP contribution in [0.15, 0.2) is 0 Å². The van der Waals surface area contributed by atoms with Gasteiger partial charge in [0.1, 0.15) is 0 Å². The molecule has 1 heterocycles. The Balaban J connectivity index is 2.32. The molecule has 0 aromatic heterocycles. The van der Waals surface area contributed by atoms with E-state index in [1.54, 1.807) is 0 Å². The maximum Gasteiger partial charge on any atom is 0.303 e. The largest absolute Gasteiger partial charge is 0.481 e. The third kappa shape index (κ3) is 4.29. The van der Waals surface area contributed by atoms with Gasteiger partial charge in [-0.05, 0) is 19.8 Å². The molecule has 1 aliphatic rings. The zero-order chi connectivity index (χ0) is 11.3. The Bertz CT molecular complexity index is 246. The van der Waals surface area contributed by atoms with Crippen molar-refractivity contribution in [2.75, 3.05) is 13.2 Å². The Hall–Kier alpha value is -1.10. The monoisotopic (exact) mass is 215 g/mol. The molecule has 1 aliphatic heterocycles. The predicted molar refractivity (Wildman–Crippen MR) is 53.5 cm³/mol. The van der Waals surface area contributed by atoms with Crippen molar-refractivity contribution in [3.63, 3.8) is 0 Å². The molecular weight excluding hydrogens is 198 g/mol. The molecule has 5 nitrogen and oxygen atoms in total. The van der Waals surface area contributed by atoms with Crippen molar-refractivity contribution in [2.24, 2.45) is 0 Å². The van der Waals surface area contributed by atoms with E-state index in [4.69, 9.17) is 9.84 Å².